The lowest BCUT2D eigenvalue weighted by Gasteiger charge is -2.38. The van der Waals surface area contributed by atoms with E-state index in [1.807, 2.05) is 13.2 Å². The maximum atomic E-state index is 11.9. The molecule has 1 amide bonds. The fourth-order valence-corrected chi connectivity index (χ4v) is 4.68. The van der Waals surface area contributed by atoms with E-state index in [1.54, 1.807) is 11.8 Å². The van der Waals surface area contributed by atoms with E-state index in [-0.39, 0.29) is 5.91 Å². The molecular formula is C19H30N2O2S. The van der Waals surface area contributed by atoms with Crippen LogP contribution in [0.1, 0.15) is 43.6 Å². The molecule has 0 spiro atoms. The summed E-state index contributed by atoms with van der Waals surface area (Å²) in [4.78, 5) is 14.5. The van der Waals surface area contributed by atoms with Gasteiger partial charge < -0.3 is 14.6 Å². The second kappa shape index (κ2) is 7.96. The van der Waals surface area contributed by atoms with Crippen LogP contribution in [0.4, 0.5) is 0 Å². The summed E-state index contributed by atoms with van der Waals surface area (Å²) in [6.45, 7) is 7.64. The first-order valence-electron chi connectivity index (χ1n) is 9.13. The van der Waals surface area contributed by atoms with E-state index in [0.717, 1.165) is 37.6 Å². The van der Waals surface area contributed by atoms with Crippen molar-refractivity contribution in [1.82, 2.24) is 10.2 Å². The zero-order chi connectivity index (χ0) is 17.1. The summed E-state index contributed by atoms with van der Waals surface area (Å²) in [6, 6.07) is 4.57. The van der Waals surface area contributed by atoms with Crippen LogP contribution in [0, 0.1) is 18.8 Å². The zero-order valence-electron chi connectivity index (χ0n) is 15.1. The number of furan rings is 1. The fraction of sp³-hybridized carbons (Fsp3) is 0.737. The molecule has 1 aliphatic carbocycles. The van der Waals surface area contributed by atoms with Crippen molar-refractivity contribution < 1.29 is 9.21 Å². The van der Waals surface area contributed by atoms with Crippen LogP contribution < -0.4 is 5.32 Å². The van der Waals surface area contributed by atoms with Crippen molar-refractivity contribution in [3.63, 3.8) is 0 Å². The highest BCUT2D eigenvalue weighted by atomic mass is 32.2. The van der Waals surface area contributed by atoms with Crippen LogP contribution in [0.15, 0.2) is 16.5 Å². The Labute approximate surface area is 149 Å². The monoisotopic (exact) mass is 350 g/mol. The molecule has 4 nitrogen and oxygen atoms in total. The molecule has 1 saturated heterocycles. The minimum Gasteiger partial charge on any atom is -0.466 e. The first kappa shape index (κ1) is 17.9. The van der Waals surface area contributed by atoms with E-state index in [9.17, 15) is 4.79 Å². The van der Waals surface area contributed by atoms with Crippen molar-refractivity contribution >= 4 is 17.7 Å². The minimum atomic E-state index is 0.208. The average Bonchev–Trinajstić information content (AvgIpc) is 3.06. The normalized spacial score (nSPS) is 28.0. The van der Waals surface area contributed by atoms with Crippen LogP contribution in [0.5, 0.6) is 0 Å². The van der Waals surface area contributed by atoms with Gasteiger partial charge in [0, 0.05) is 25.0 Å². The molecule has 2 heterocycles. The SMILES string of the molecule is CSCC(=O)NC1[C@@H]2CC[C@H]1CN(CCC(C)c1ccc(C)o1)C2. The van der Waals surface area contributed by atoms with E-state index in [1.165, 1.54) is 12.8 Å². The van der Waals surface area contributed by atoms with Gasteiger partial charge in [-0.3, -0.25) is 4.79 Å². The highest BCUT2D eigenvalue weighted by molar-refractivity contribution is 7.99. The summed E-state index contributed by atoms with van der Waals surface area (Å²) in [6.07, 6.45) is 5.64. The van der Waals surface area contributed by atoms with Gasteiger partial charge in [0.1, 0.15) is 11.5 Å². The number of carbonyl (C=O) groups is 1. The Balaban J connectivity index is 1.48. The maximum Gasteiger partial charge on any atom is 0.230 e. The standard InChI is InChI=1S/C19H30N2O2S/c1-13(17-7-4-14(2)23-17)8-9-21-10-15-5-6-16(11-21)19(15)20-18(22)12-24-3/h4,7,13,15-16,19H,5-6,8-12H2,1-3H3,(H,20,22)/t13?,15-,16+,19?. The third kappa shape index (κ3) is 4.17. The molecule has 134 valence electrons. The number of nitrogens with zero attached hydrogens (tertiary/aromatic N) is 1. The quantitative estimate of drug-likeness (QED) is 0.820. The van der Waals surface area contributed by atoms with Crippen molar-refractivity contribution in [1.29, 1.82) is 0 Å². The minimum absolute atomic E-state index is 0.208. The molecule has 1 aliphatic heterocycles. The van der Waals surface area contributed by atoms with Crippen molar-refractivity contribution in [2.45, 2.75) is 45.1 Å². The van der Waals surface area contributed by atoms with Crippen LogP contribution in [-0.2, 0) is 4.79 Å². The molecule has 2 unspecified atom stereocenters. The zero-order valence-corrected chi connectivity index (χ0v) is 15.9. The molecule has 24 heavy (non-hydrogen) atoms. The Morgan fingerprint density at radius 3 is 2.67 bits per heavy atom. The Morgan fingerprint density at radius 2 is 2.08 bits per heavy atom. The fourth-order valence-electron chi connectivity index (χ4n) is 4.33. The second-order valence-corrected chi connectivity index (χ2v) is 8.39. The van der Waals surface area contributed by atoms with Gasteiger partial charge in [-0.05, 0) is 63.0 Å². The maximum absolute atomic E-state index is 11.9. The predicted molar refractivity (Wildman–Crippen MR) is 99.4 cm³/mol. The molecule has 1 N–H and O–H groups in total. The number of nitrogens with one attached hydrogen (secondary N) is 1. The summed E-state index contributed by atoms with van der Waals surface area (Å²) < 4.78 is 5.76. The Morgan fingerprint density at radius 1 is 1.38 bits per heavy atom. The lowest BCUT2D eigenvalue weighted by Crippen LogP contribution is -2.53. The Hall–Kier alpha value is -0.940. The number of aryl methyl sites for hydroxylation is 1. The van der Waals surface area contributed by atoms with E-state index in [0.29, 0.717) is 29.5 Å². The first-order valence-corrected chi connectivity index (χ1v) is 10.5. The molecule has 0 aromatic carbocycles. The molecule has 2 bridgehead atoms. The lowest BCUT2D eigenvalue weighted by molar-refractivity contribution is -0.120. The van der Waals surface area contributed by atoms with Crippen LogP contribution >= 0.6 is 11.8 Å². The molecule has 5 heteroatoms. The molecule has 2 aliphatic rings. The van der Waals surface area contributed by atoms with Gasteiger partial charge in [-0.1, -0.05) is 6.92 Å². The number of amides is 1. The summed E-state index contributed by atoms with van der Waals surface area (Å²) in [7, 11) is 0. The third-order valence-corrected chi connectivity index (χ3v) is 6.19. The second-order valence-electron chi connectivity index (χ2n) is 7.52. The van der Waals surface area contributed by atoms with Crippen LogP contribution in [-0.4, -0.2) is 48.5 Å². The van der Waals surface area contributed by atoms with Gasteiger partial charge in [-0.25, -0.2) is 0 Å². The Bertz CT molecular complexity index is 545. The largest absolute Gasteiger partial charge is 0.466 e. The smallest absolute Gasteiger partial charge is 0.230 e. The van der Waals surface area contributed by atoms with E-state index in [2.05, 4.69) is 29.3 Å². The van der Waals surface area contributed by atoms with E-state index >= 15 is 0 Å². The van der Waals surface area contributed by atoms with Crippen molar-refractivity contribution in [2.75, 3.05) is 31.6 Å². The Kier molecular flexibility index (Phi) is 5.93. The van der Waals surface area contributed by atoms with E-state index < -0.39 is 0 Å². The number of fused-ring (bicyclic) bond motifs is 2. The average molecular weight is 351 g/mol. The van der Waals surface area contributed by atoms with Crippen molar-refractivity contribution in [3.05, 3.63) is 23.7 Å². The third-order valence-electron chi connectivity index (χ3n) is 5.64. The van der Waals surface area contributed by atoms with Crippen LogP contribution in [0.3, 0.4) is 0 Å². The molecule has 0 radical (unpaired) electrons. The highest BCUT2D eigenvalue weighted by Crippen LogP contribution is 2.37. The van der Waals surface area contributed by atoms with Crippen LogP contribution in [0.2, 0.25) is 0 Å². The molecule has 4 atom stereocenters. The summed E-state index contributed by atoms with van der Waals surface area (Å²) in [5.74, 6) is 4.63. The molecular weight excluding hydrogens is 320 g/mol. The van der Waals surface area contributed by atoms with Gasteiger partial charge in [0.15, 0.2) is 0 Å². The van der Waals surface area contributed by atoms with Gasteiger partial charge in [0.25, 0.3) is 0 Å². The van der Waals surface area contributed by atoms with E-state index in [4.69, 9.17) is 4.42 Å². The number of hydrogen-bond donors (Lipinski definition) is 1. The lowest BCUT2D eigenvalue weighted by atomic mass is 9.91. The highest BCUT2D eigenvalue weighted by Gasteiger charge is 2.42. The number of likely N-dealkylation sites (tertiary alicyclic amines) is 1. The van der Waals surface area contributed by atoms with Gasteiger partial charge in [-0.2, -0.15) is 11.8 Å². The van der Waals surface area contributed by atoms with Gasteiger partial charge in [-0.15, -0.1) is 0 Å². The molecule has 1 aromatic heterocycles. The number of hydrogen-bond acceptors (Lipinski definition) is 4. The van der Waals surface area contributed by atoms with Gasteiger partial charge in [0.05, 0.1) is 5.75 Å². The predicted octanol–water partition coefficient (Wildman–Crippen LogP) is 3.27. The molecule has 2 fully saturated rings. The number of thioether (sulfide) groups is 1. The number of rotatable bonds is 7. The summed E-state index contributed by atoms with van der Waals surface area (Å²) in [5, 5.41) is 3.29. The van der Waals surface area contributed by atoms with Crippen LogP contribution in [0.25, 0.3) is 0 Å². The van der Waals surface area contributed by atoms with Crippen molar-refractivity contribution in [2.24, 2.45) is 11.8 Å². The van der Waals surface area contributed by atoms with Gasteiger partial charge in [0.2, 0.25) is 5.91 Å². The summed E-state index contributed by atoms with van der Waals surface area (Å²) >= 11 is 1.60. The van der Waals surface area contributed by atoms with Gasteiger partial charge >= 0.3 is 0 Å². The molecule has 1 aromatic rings. The van der Waals surface area contributed by atoms with Crippen molar-refractivity contribution in [3.8, 4) is 0 Å². The number of carbonyl (C=O) groups excluding carboxylic acids is 1. The molecule has 3 rings (SSSR count). The number of piperidine rings is 1. The summed E-state index contributed by atoms with van der Waals surface area (Å²) in [5.41, 5.74) is 0. The first-order chi connectivity index (χ1) is 11.6. The molecule has 1 saturated carbocycles. The topological polar surface area (TPSA) is 45.5 Å².